The lowest BCUT2D eigenvalue weighted by Gasteiger charge is -2.31. The first-order valence-corrected chi connectivity index (χ1v) is 9.64. The first-order valence-electron chi connectivity index (χ1n) is 8.03. The Balaban J connectivity index is 1.56. The number of hydrogen-bond acceptors (Lipinski definition) is 2. The molecule has 1 saturated heterocycles. The zero-order chi connectivity index (χ0) is 16.1. The van der Waals surface area contributed by atoms with Crippen molar-refractivity contribution in [3.8, 4) is 0 Å². The lowest BCUT2D eigenvalue weighted by Crippen LogP contribution is -3.13. The highest BCUT2D eigenvalue weighted by Crippen LogP contribution is 2.10. The number of nitrogens with zero attached hydrogens (tertiary/aromatic N) is 1. The monoisotopic (exact) mass is 331 g/mol. The van der Waals surface area contributed by atoms with Gasteiger partial charge in [0.05, 0.1) is 31.9 Å². The maximum absolute atomic E-state index is 12.5. The van der Waals surface area contributed by atoms with Crippen molar-refractivity contribution in [1.29, 1.82) is 0 Å². The van der Waals surface area contributed by atoms with E-state index in [1.165, 1.54) is 10.5 Å². The second kappa shape index (κ2) is 7.25. The standard InChI is InChI=1S/C18H22N2O2S/c21-23(22,16-18-9-5-2-6-10-18)20-13-11-19(12-14-20)15-17-7-3-1-4-8-17/h1-10H,11-16H2/p+1. The fourth-order valence-corrected chi connectivity index (χ4v) is 4.55. The number of benzene rings is 2. The SMILES string of the molecule is O=S(=O)(Cc1ccccc1)N1CC[NH+](Cc2ccccc2)CC1. The van der Waals surface area contributed by atoms with Crippen LogP contribution in [0.2, 0.25) is 0 Å². The van der Waals surface area contributed by atoms with E-state index >= 15 is 0 Å². The molecule has 0 amide bonds. The van der Waals surface area contributed by atoms with Crippen LogP contribution in [-0.2, 0) is 22.3 Å². The fourth-order valence-electron chi connectivity index (χ4n) is 3.02. The third kappa shape index (κ3) is 4.41. The van der Waals surface area contributed by atoms with Gasteiger partial charge in [-0.3, -0.25) is 0 Å². The normalized spacial score (nSPS) is 17.2. The Hall–Kier alpha value is -1.69. The van der Waals surface area contributed by atoms with E-state index < -0.39 is 10.0 Å². The largest absolute Gasteiger partial charge is 0.329 e. The molecule has 0 radical (unpaired) electrons. The molecule has 1 aliphatic rings. The number of sulfonamides is 1. The van der Waals surface area contributed by atoms with E-state index in [0.717, 1.165) is 25.2 Å². The van der Waals surface area contributed by atoms with E-state index in [0.29, 0.717) is 13.1 Å². The minimum absolute atomic E-state index is 0.0991. The third-order valence-corrected chi connectivity index (χ3v) is 6.16. The van der Waals surface area contributed by atoms with Crippen LogP contribution in [0.1, 0.15) is 11.1 Å². The highest BCUT2D eigenvalue weighted by Gasteiger charge is 2.29. The summed E-state index contributed by atoms with van der Waals surface area (Å²) >= 11 is 0. The minimum atomic E-state index is -3.21. The summed E-state index contributed by atoms with van der Waals surface area (Å²) in [4.78, 5) is 1.45. The van der Waals surface area contributed by atoms with Crippen molar-refractivity contribution in [3.05, 3.63) is 71.8 Å². The summed E-state index contributed by atoms with van der Waals surface area (Å²) in [6, 6.07) is 19.8. The van der Waals surface area contributed by atoms with E-state index in [2.05, 4.69) is 24.3 Å². The molecule has 0 spiro atoms. The summed E-state index contributed by atoms with van der Waals surface area (Å²) < 4.78 is 26.7. The van der Waals surface area contributed by atoms with Crippen molar-refractivity contribution in [1.82, 2.24) is 4.31 Å². The zero-order valence-electron chi connectivity index (χ0n) is 13.2. The summed E-state index contributed by atoms with van der Waals surface area (Å²) in [6.45, 7) is 3.91. The van der Waals surface area contributed by atoms with E-state index in [1.807, 2.05) is 36.4 Å². The molecule has 0 unspecified atom stereocenters. The van der Waals surface area contributed by atoms with Crippen LogP contribution in [0.15, 0.2) is 60.7 Å². The summed E-state index contributed by atoms with van der Waals surface area (Å²) in [6.07, 6.45) is 0. The lowest BCUT2D eigenvalue weighted by molar-refractivity contribution is -0.917. The molecule has 0 aliphatic carbocycles. The van der Waals surface area contributed by atoms with Crippen molar-refractivity contribution >= 4 is 10.0 Å². The zero-order valence-corrected chi connectivity index (χ0v) is 14.0. The van der Waals surface area contributed by atoms with Crippen LogP contribution in [0.5, 0.6) is 0 Å². The Morgan fingerprint density at radius 1 is 0.826 bits per heavy atom. The molecule has 0 aromatic heterocycles. The van der Waals surface area contributed by atoms with Gasteiger partial charge >= 0.3 is 0 Å². The molecule has 2 aromatic rings. The Morgan fingerprint density at radius 2 is 1.35 bits per heavy atom. The average Bonchev–Trinajstić information content (AvgIpc) is 2.57. The number of rotatable bonds is 5. The van der Waals surface area contributed by atoms with Gasteiger partial charge in [-0.05, 0) is 5.56 Å². The van der Waals surface area contributed by atoms with Crippen LogP contribution in [0, 0.1) is 0 Å². The van der Waals surface area contributed by atoms with Crippen molar-refractivity contribution in [3.63, 3.8) is 0 Å². The second-order valence-electron chi connectivity index (χ2n) is 6.05. The highest BCUT2D eigenvalue weighted by atomic mass is 32.2. The number of nitrogens with one attached hydrogen (secondary N) is 1. The van der Waals surface area contributed by atoms with Crippen LogP contribution in [0.4, 0.5) is 0 Å². The lowest BCUT2D eigenvalue weighted by atomic mass is 10.2. The Kier molecular flexibility index (Phi) is 5.10. The van der Waals surface area contributed by atoms with Crippen LogP contribution < -0.4 is 4.90 Å². The maximum atomic E-state index is 12.5. The minimum Gasteiger partial charge on any atom is -0.329 e. The van der Waals surface area contributed by atoms with Crippen molar-refractivity contribution in [2.45, 2.75) is 12.3 Å². The predicted molar refractivity (Wildman–Crippen MR) is 91.5 cm³/mol. The summed E-state index contributed by atoms with van der Waals surface area (Å²) in [5.41, 5.74) is 2.16. The molecule has 23 heavy (non-hydrogen) atoms. The molecule has 1 aliphatic heterocycles. The van der Waals surface area contributed by atoms with Crippen molar-refractivity contribution in [2.75, 3.05) is 26.2 Å². The van der Waals surface area contributed by atoms with Crippen molar-refractivity contribution < 1.29 is 13.3 Å². The van der Waals surface area contributed by atoms with E-state index in [4.69, 9.17) is 0 Å². The van der Waals surface area contributed by atoms with E-state index in [9.17, 15) is 8.42 Å². The number of quaternary nitrogens is 1. The highest BCUT2D eigenvalue weighted by molar-refractivity contribution is 7.88. The molecule has 4 nitrogen and oxygen atoms in total. The predicted octanol–water partition coefficient (Wildman–Crippen LogP) is 0.917. The van der Waals surface area contributed by atoms with Gasteiger partial charge in [0.1, 0.15) is 6.54 Å². The molecule has 1 heterocycles. The number of hydrogen-bond donors (Lipinski definition) is 1. The first-order chi connectivity index (χ1) is 11.1. The van der Waals surface area contributed by atoms with Crippen molar-refractivity contribution in [2.24, 2.45) is 0 Å². The van der Waals surface area contributed by atoms with E-state index in [-0.39, 0.29) is 5.75 Å². The molecule has 1 fully saturated rings. The van der Waals surface area contributed by atoms with Gasteiger partial charge in [-0.1, -0.05) is 60.7 Å². The van der Waals surface area contributed by atoms with Gasteiger partial charge in [0, 0.05) is 5.56 Å². The van der Waals surface area contributed by atoms with Crippen LogP contribution in [0.3, 0.4) is 0 Å². The van der Waals surface area contributed by atoms with Gasteiger partial charge in [0.2, 0.25) is 10.0 Å². The quantitative estimate of drug-likeness (QED) is 0.885. The molecule has 0 saturated carbocycles. The molecular weight excluding hydrogens is 308 g/mol. The topological polar surface area (TPSA) is 41.8 Å². The van der Waals surface area contributed by atoms with Gasteiger partial charge in [-0.2, -0.15) is 4.31 Å². The number of piperazine rings is 1. The molecule has 5 heteroatoms. The van der Waals surface area contributed by atoms with Gasteiger partial charge in [0.25, 0.3) is 0 Å². The summed E-state index contributed by atoms with van der Waals surface area (Å²) in [5.74, 6) is 0.0991. The Labute approximate surface area is 138 Å². The molecule has 2 aromatic carbocycles. The maximum Gasteiger partial charge on any atom is 0.218 e. The summed E-state index contributed by atoms with van der Waals surface area (Å²) in [5, 5.41) is 0. The molecule has 0 bridgehead atoms. The van der Waals surface area contributed by atoms with Crippen LogP contribution in [-0.4, -0.2) is 38.9 Å². The summed E-state index contributed by atoms with van der Waals surface area (Å²) in [7, 11) is -3.21. The fraction of sp³-hybridized carbons (Fsp3) is 0.333. The molecule has 122 valence electrons. The molecule has 3 rings (SSSR count). The van der Waals surface area contributed by atoms with Gasteiger partial charge < -0.3 is 4.90 Å². The van der Waals surface area contributed by atoms with Gasteiger partial charge in [-0.25, -0.2) is 8.42 Å². The van der Waals surface area contributed by atoms with E-state index in [1.54, 1.807) is 4.31 Å². The average molecular weight is 331 g/mol. The first kappa shape index (κ1) is 16.2. The smallest absolute Gasteiger partial charge is 0.218 e. The second-order valence-corrected chi connectivity index (χ2v) is 8.02. The molecule has 1 N–H and O–H groups in total. The van der Waals surface area contributed by atoms with Gasteiger partial charge in [-0.15, -0.1) is 0 Å². The third-order valence-electron chi connectivity index (χ3n) is 4.31. The molecular formula is C18H23N2O2S+. The Bertz CT molecular complexity index is 709. The van der Waals surface area contributed by atoms with Crippen LogP contribution >= 0.6 is 0 Å². The van der Waals surface area contributed by atoms with Gasteiger partial charge in [0.15, 0.2) is 0 Å². The van der Waals surface area contributed by atoms with Crippen LogP contribution in [0.25, 0.3) is 0 Å². The molecule has 0 atom stereocenters. The Morgan fingerprint density at radius 3 is 1.91 bits per heavy atom.